The van der Waals surface area contributed by atoms with Crippen LogP contribution in [0.25, 0.3) is 0 Å². The van der Waals surface area contributed by atoms with Gasteiger partial charge in [-0.05, 0) is 43.2 Å². The summed E-state index contributed by atoms with van der Waals surface area (Å²) >= 11 is 1.63. The number of hydrogen-bond donors (Lipinski definition) is 2. The molecule has 0 radical (unpaired) electrons. The van der Waals surface area contributed by atoms with Gasteiger partial charge >= 0.3 is 0 Å². The Bertz CT molecular complexity index is 407. The van der Waals surface area contributed by atoms with Crippen molar-refractivity contribution < 1.29 is 9.90 Å². The largest absolute Gasteiger partial charge is 0.396 e. The molecule has 0 saturated heterocycles. The number of carbonyl (C=O) groups excluding carboxylic acids is 1. The quantitative estimate of drug-likeness (QED) is 0.778. The fourth-order valence-electron chi connectivity index (χ4n) is 1.66. The van der Waals surface area contributed by atoms with Gasteiger partial charge in [-0.15, -0.1) is 11.8 Å². The Morgan fingerprint density at radius 3 is 2.83 bits per heavy atom. The maximum atomic E-state index is 12.1. The monoisotopic (exact) mass is 267 g/mol. The number of amides is 1. The van der Waals surface area contributed by atoms with Gasteiger partial charge in [0.05, 0.1) is 0 Å². The number of hydrogen-bond acceptors (Lipinski definition) is 3. The van der Waals surface area contributed by atoms with E-state index in [2.05, 4.69) is 5.32 Å². The van der Waals surface area contributed by atoms with E-state index in [0.717, 1.165) is 16.0 Å². The first kappa shape index (κ1) is 15.1. The molecule has 1 unspecified atom stereocenters. The molecule has 0 heterocycles. The molecule has 0 bridgehead atoms. The minimum absolute atomic E-state index is 0.0341. The van der Waals surface area contributed by atoms with E-state index in [0.29, 0.717) is 18.9 Å². The fraction of sp³-hybridized carbons (Fsp3) is 0.500. The number of rotatable bonds is 6. The van der Waals surface area contributed by atoms with Crippen molar-refractivity contribution in [1.29, 1.82) is 0 Å². The van der Waals surface area contributed by atoms with Gasteiger partial charge < -0.3 is 10.4 Å². The van der Waals surface area contributed by atoms with E-state index >= 15 is 0 Å². The van der Waals surface area contributed by atoms with Gasteiger partial charge in [0.15, 0.2) is 0 Å². The number of nitrogens with one attached hydrogen (secondary N) is 1. The SMILES string of the molecule is CSc1ccc(C)c(C(=O)NCC(C)CCO)c1. The van der Waals surface area contributed by atoms with Crippen molar-refractivity contribution in [2.75, 3.05) is 19.4 Å². The zero-order valence-corrected chi connectivity index (χ0v) is 12.0. The Hall–Kier alpha value is -1.00. The van der Waals surface area contributed by atoms with E-state index in [4.69, 9.17) is 5.11 Å². The van der Waals surface area contributed by atoms with Crippen molar-refractivity contribution in [2.45, 2.75) is 25.2 Å². The molecule has 100 valence electrons. The Balaban J connectivity index is 2.66. The Morgan fingerprint density at radius 2 is 2.22 bits per heavy atom. The third kappa shape index (κ3) is 4.35. The summed E-state index contributed by atoms with van der Waals surface area (Å²) in [6.45, 7) is 4.72. The van der Waals surface area contributed by atoms with E-state index in [1.807, 2.05) is 38.3 Å². The summed E-state index contributed by atoms with van der Waals surface area (Å²) < 4.78 is 0. The van der Waals surface area contributed by atoms with E-state index in [1.54, 1.807) is 11.8 Å². The van der Waals surface area contributed by atoms with Crippen LogP contribution in [0.4, 0.5) is 0 Å². The molecule has 1 rings (SSSR count). The van der Waals surface area contributed by atoms with Crippen LogP contribution in [-0.4, -0.2) is 30.4 Å². The van der Waals surface area contributed by atoms with Crippen LogP contribution in [-0.2, 0) is 0 Å². The van der Waals surface area contributed by atoms with Gasteiger partial charge in [-0.3, -0.25) is 4.79 Å². The average Bonchev–Trinajstić information content (AvgIpc) is 2.37. The normalized spacial score (nSPS) is 12.2. The molecule has 0 aromatic heterocycles. The van der Waals surface area contributed by atoms with E-state index in [1.165, 1.54) is 0 Å². The smallest absolute Gasteiger partial charge is 0.251 e. The second-order valence-electron chi connectivity index (χ2n) is 4.51. The predicted octanol–water partition coefficient (Wildman–Crippen LogP) is 2.47. The Kier molecular flexibility index (Phi) is 6.22. The number of aliphatic hydroxyl groups is 1. The lowest BCUT2D eigenvalue weighted by Gasteiger charge is -2.12. The summed E-state index contributed by atoms with van der Waals surface area (Å²) in [6.07, 6.45) is 2.71. The molecular formula is C14H21NO2S. The first-order chi connectivity index (χ1) is 8.58. The molecule has 2 N–H and O–H groups in total. The number of thioether (sulfide) groups is 1. The van der Waals surface area contributed by atoms with Crippen LogP contribution in [0, 0.1) is 12.8 Å². The van der Waals surface area contributed by atoms with E-state index < -0.39 is 0 Å². The second kappa shape index (κ2) is 7.44. The van der Waals surface area contributed by atoms with E-state index in [9.17, 15) is 4.79 Å². The molecule has 1 aromatic carbocycles. The van der Waals surface area contributed by atoms with Crippen LogP contribution in [0.1, 0.15) is 29.3 Å². The highest BCUT2D eigenvalue weighted by molar-refractivity contribution is 7.98. The first-order valence-electron chi connectivity index (χ1n) is 6.12. The summed E-state index contributed by atoms with van der Waals surface area (Å²) in [5.74, 6) is 0.260. The molecular weight excluding hydrogens is 246 g/mol. The third-order valence-corrected chi connectivity index (χ3v) is 3.65. The first-order valence-corrected chi connectivity index (χ1v) is 7.34. The van der Waals surface area contributed by atoms with Crippen LogP contribution in [0.3, 0.4) is 0 Å². The van der Waals surface area contributed by atoms with Crippen molar-refractivity contribution in [3.05, 3.63) is 29.3 Å². The van der Waals surface area contributed by atoms with Gasteiger partial charge in [0.25, 0.3) is 5.91 Å². The van der Waals surface area contributed by atoms with E-state index in [-0.39, 0.29) is 12.5 Å². The highest BCUT2D eigenvalue weighted by Gasteiger charge is 2.10. The maximum absolute atomic E-state index is 12.1. The average molecular weight is 267 g/mol. The topological polar surface area (TPSA) is 49.3 Å². The Morgan fingerprint density at radius 1 is 1.50 bits per heavy atom. The minimum Gasteiger partial charge on any atom is -0.396 e. The molecule has 0 aliphatic heterocycles. The molecule has 0 spiro atoms. The molecule has 1 amide bonds. The molecule has 0 saturated carbocycles. The molecule has 18 heavy (non-hydrogen) atoms. The molecule has 1 atom stereocenters. The van der Waals surface area contributed by atoms with Crippen LogP contribution in [0.2, 0.25) is 0 Å². The summed E-state index contributed by atoms with van der Waals surface area (Å²) in [5, 5.41) is 11.7. The summed E-state index contributed by atoms with van der Waals surface area (Å²) in [6, 6.07) is 5.91. The summed E-state index contributed by atoms with van der Waals surface area (Å²) in [7, 11) is 0. The standard InChI is InChI=1S/C14H21NO2S/c1-10(6-7-16)9-15-14(17)13-8-12(18-3)5-4-11(13)2/h4-5,8,10,16H,6-7,9H2,1-3H3,(H,15,17). The molecule has 1 aromatic rings. The molecule has 0 fully saturated rings. The van der Waals surface area contributed by atoms with Gasteiger partial charge in [0.1, 0.15) is 0 Å². The number of carbonyl (C=O) groups is 1. The van der Waals surface area contributed by atoms with Gasteiger partial charge in [0.2, 0.25) is 0 Å². The summed E-state index contributed by atoms with van der Waals surface area (Å²) in [4.78, 5) is 13.2. The number of benzene rings is 1. The van der Waals surface area contributed by atoms with Gasteiger partial charge in [-0.2, -0.15) is 0 Å². The Labute approximate surface area is 113 Å². The van der Waals surface area contributed by atoms with Gasteiger partial charge in [-0.1, -0.05) is 13.0 Å². The van der Waals surface area contributed by atoms with Crippen LogP contribution in [0.5, 0.6) is 0 Å². The summed E-state index contributed by atoms with van der Waals surface area (Å²) in [5.41, 5.74) is 1.72. The fourth-order valence-corrected chi connectivity index (χ4v) is 2.10. The lowest BCUT2D eigenvalue weighted by atomic mass is 10.1. The number of aryl methyl sites for hydroxylation is 1. The predicted molar refractivity (Wildman–Crippen MR) is 76.2 cm³/mol. The molecule has 0 aliphatic rings. The third-order valence-electron chi connectivity index (χ3n) is 2.92. The lowest BCUT2D eigenvalue weighted by Crippen LogP contribution is -2.29. The van der Waals surface area contributed by atoms with Gasteiger partial charge in [0, 0.05) is 23.6 Å². The van der Waals surface area contributed by atoms with Gasteiger partial charge in [-0.25, -0.2) is 0 Å². The maximum Gasteiger partial charge on any atom is 0.251 e. The second-order valence-corrected chi connectivity index (χ2v) is 5.39. The number of aliphatic hydroxyl groups excluding tert-OH is 1. The van der Waals surface area contributed by atoms with Crippen molar-refractivity contribution in [3.8, 4) is 0 Å². The highest BCUT2D eigenvalue weighted by Crippen LogP contribution is 2.19. The van der Waals surface area contributed by atoms with Crippen molar-refractivity contribution >= 4 is 17.7 Å². The van der Waals surface area contributed by atoms with Crippen LogP contribution < -0.4 is 5.32 Å². The zero-order chi connectivity index (χ0) is 13.5. The van der Waals surface area contributed by atoms with Crippen molar-refractivity contribution in [1.82, 2.24) is 5.32 Å². The van der Waals surface area contributed by atoms with Crippen molar-refractivity contribution in [2.24, 2.45) is 5.92 Å². The lowest BCUT2D eigenvalue weighted by molar-refractivity contribution is 0.0944. The molecule has 3 nitrogen and oxygen atoms in total. The molecule has 0 aliphatic carbocycles. The van der Waals surface area contributed by atoms with Crippen LogP contribution in [0.15, 0.2) is 23.1 Å². The van der Waals surface area contributed by atoms with Crippen LogP contribution >= 0.6 is 11.8 Å². The minimum atomic E-state index is -0.0341. The van der Waals surface area contributed by atoms with Crippen molar-refractivity contribution in [3.63, 3.8) is 0 Å². The highest BCUT2D eigenvalue weighted by atomic mass is 32.2. The molecule has 4 heteroatoms. The zero-order valence-electron chi connectivity index (χ0n) is 11.2.